The van der Waals surface area contributed by atoms with Crippen LogP contribution >= 0.6 is 15.9 Å². The fraction of sp³-hybridized carbons (Fsp3) is 0.300. The predicted octanol–water partition coefficient (Wildman–Crippen LogP) is 4.31. The van der Waals surface area contributed by atoms with E-state index in [9.17, 15) is 13.2 Å². The van der Waals surface area contributed by atoms with Crippen LogP contribution < -0.4 is 4.74 Å². The van der Waals surface area contributed by atoms with Crippen LogP contribution in [0, 0.1) is 5.92 Å². The van der Waals surface area contributed by atoms with Crippen LogP contribution in [0.1, 0.15) is 19.4 Å². The highest BCUT2D eigenvalue weighted by atomic mass is 79.9. The Morgan fingerprint density at radius 2 is 1.87 bits per heavy atom. The first-order chi connectivity index (χ1) is 6.79. The van der Waals surface area contributed by atoms with Crippen molar-refractivity contribution < 1.29 is 17.9 Å². The van der Waals surface area contributed by atoms with Crippen LogP contribution in [0.25, 0.3) is 0 Å². The Bertz CT molecular complexity index is 347. The summed E-state index contributed by atoms with van der Waals surface area (Å²) < 4.78 is 40.2. The van der Waals surface area contributed by atoms with E-state index in [0.29, 0.717) is 0 Å². The van der Waals surface area contributed by atoms with Gasteiger partial charge in [-0.1, -0.05) is 19.9 Å². The zero-order valence-electron chi connectivity index (χ0n) is 8.15. The summed E-state index contributed by atoms with van der Waals surface area (Å²) in [4.78, 5) is 0. The Balaban J connectivity index is 3.01. The molecule has 1 aromatic carbocycles. The maximum atomic E-state index is 12.0. The van der Waals surface area contributed by atoms with Crippen molar-refractivity contribution in [3.63, 3.8) is 0 Å². The molecule has 83 valence electrons. The van der Waals surface area contributed by atoms with Gasteiger partial charge < -0.3 is 4.74 Å². The molecule has 0 unspecified atom stereocenters. The van der Waals surface area contributed by atoms with E-state index in [1.165, 1.54) is 12.1 Å². The molecule has 1 aromatic rings. The van der Waals surface area contributed by atoms with E-state index in [4.69, 9.17) is 0 Å². The van der Waals surface area contributed by atoms with Crippen LogP contribution in [0.2, 0.25) is 0 Å². The van der Waals surface area contributed by atoms with Gasteiger partial charge >= 0.3 is 6.36 Å². The summed E-state index contributed by atoms with van der Waals surface area (Å²) in [7, 11) is 0. The van der Waals surface area contributed by atoms with Crippen molar-refractivity contribution >= 4 is 15.9 Å². The molecule has 0 aliphatic carbocycles. The van der Waals surface area contributed by atoms with Crippen molar-refractivity contribution in [2.24, 2.45) is 0 Å². The van der Waals surface area contributed by atoms with Crippen LogP contribution in [0.4, 0.5) is 13.2 Å². The Hall–Kier alpha value is -0.710. The van der Waals surface area contributed by atoms with E-state index in [1.807, 2.05) is 13.8 Å². The molecule has 0 spiro atoms. The summed E-state index contributed by atoms with van der Waals surface area (Å²) in [5.74, 6) is 0.704. The molecule has 0 N–H and O–H groups in total. The van der Waals surface area contributed by atoms with E-state index in [-0.39, 0.29) is 10.2 Å². The second-order valence-electron chi connectivity index (χ2n) is 3.19. The van der Waals surface area contributed by atoms with E-state index >= 15 is 0 Å². The molecule has 0 bridgehead atoms. The highest BCUT2D eigenvalue weighted by Gasteiger charge is 2.32. The molecule has 15 heavy (non-hydrogen) atoms. The maximum absolute atomic E-state index is 12.0. The van der Waals surface area contributed by atoms with Gasteiger partial charge in [-0.25, -0.2) is 0 Å². The lowest BCUT2D eigenvalue weighted by Crippen LogP contribution is -2.17. The third kappa shape index (κ3) is 3.74. The van der Waals surface area contributed by atoms with Gasteiger partial charge in [0, 0.05) is 0 Å². The standard InChI is InChI=1S/C10H9BrF3O/c1-6(2)7-3-4-8(11)9(5-7)15-10(12,13)14/h3-5H,1-2H3. The minimum atomic E-state index is -4.66. The molecular formula is C10H9BrF3O. The van der Waals surface area contributed by atoms with Crippen molar-refractivity contribution in [2.45, 2.75) is 20.2 Å². The number of halogens is 4. The molecular weight excluding hydrogens is 273 g/mol. The molecule has 0 amide bonds. The van der Waals surface area contributed by atoms with Gasteiger partial charge in [-0.05, 0) is 39.5 Å². The Labute approximate surface area is 94.4 Å². The van der Waals surface area contributed by atoms with Gasteiger partial charge in [-0.2, -0.15) is 0 Å². The zero-order valence-corrected chi connectivity index (χ0v) is 9.74. The van der Waals surface area contributed by atoms with Crippen molar-refractivity contribution in [1.29, 1.82) is 0 Å². The number of benzene rings is 1. The number of alkyl halides is 3. The topological polar surface area (TPSA) is 9.23 Å². The maximum Gasteiger partial charge on any atom is 0.573 e. The smallest absolute Gasteiger partial charge is 0.405 e. The molecule has 0 heterocycles. The van der Waals surface area contributed by atoms with Crippen LogP contribution in [-0.2, 0) is 0 Å². The van der Waals surface area contributed by atoms with Gasteiger partial charge in [0.2, 0.25) is 0 Å². The van der Waals surface area contributed by atoms with E-state index in [2.05, 4.69) is 20.7 Å². The van der Waals surface area contributed by atoms with E-state index in [0.717, 1.165) is 11.5 Å². The first-order valence-corrected chi connectivity index (χ1v) is 4.95. The monoisotopic (exact) mass is 281 g/mol. The number of hydrogen-bond acceptors (Lipinski definition) is 1. The Morgan fingerprint density at radius 1 is 1.27 bits per heavy atom. The third-order valence-corrected chi connectivity index (χ3v) is 2.39. The van der Waals surface area contributed by atoms with E-state index in [1.54, 1.807) is 6.07 Å². The minimum absolute atomic E-state index is 0.221. The zero-order chi connectivity index (χ0) is 11.6. The summed E-state index contributed by atoms with van der Waals surface area (Å²) in [6, 6.07) is 4.61. The Morgan fingerprint density at radius 3 is 2.33 bits per heavy atom. The van der Waals surface area contributed by atoms with Crippen molar-refractivity contribution in [2.75, 3.05) is 0 Å². The van der Waals surface area contributed by atoms with Crippen LogP contribution in [-0.4, -0.2) is 6.36 Å². The molecule has 5 heteroatoms. The minimum Gasteiger partial charge on any atom is -0.405 e. The number of ether oxygens (including phenoxy) is 1. The molecule has 0 aliphatic rings. The fourth-order valence-electron chi connectivity index (χ4n) is 1.02. The molecule has 1 rings (SSSR count). The van der Waals surface area contributed by atoms with Crippen molar-refractivity contribution in [1.82, 2.24) is 0 Å². The molecule has 0 aromatic heterocycles. The molecule has 0 aliphatic heterocycles. The molecule has 0 saturated heterocycles. The van der Waals surface area contributed by atoms with Crippen molar-refractivity contribution in [3.05, 3.63) is 34.2 Å². The van der Waals surface area contributed by atoms with Crippen LogP contribution in [0.3, 0.4) is 0 Å². The van der Waals surface area contributed by atoms with Gasteiger partial charge in [-0.15, -0.1) is 13.2 Å². The van der Waals surface area contributed by atoms with Crippen LogP contribution in [0.15, 0.2) is 22.7 Å². The molecule has 0 atom stereocenters. The lowest BCUT2D eigenvalue weighted by atomic mass is 10.0. The summed E-state index contributed by atoms with van der Waals surface area (Å²) in [5.41, 5.74) is 0.720. The largest absolute Gasteiger partial charge is 0.573 e. The average Bonchev–Trinajstić information content (AvgIpc) is 2.06. The second-order valence-corrected chi connectivity index (χ2v) is 4.05. The quantitative estimate of drug-likeness (QED) is 0.785. The second kappa shape index (κ2) is 4.43. The highest BCUT2D eigenvalue weighted by molar-refractivity contribution is 9.10. The van der Waals surface area contributed by atoms with Gasteiger partial charge in [-0.3, -0.25) is 0 Å². The highest BCUT2D eigenvalue weighted by Crippen LogP contribution is 2.32. The molecule has 1 radical (unpaired) electrons. The molecule has 0 fully saturated rings. The van der Waals surface area contributed by atoms with Crippen LogP contribution in [0.5, 0.6) is 5.75 Å². The third-order valence-electron chi connectivity index (χ3n) is 1.73. The van der Waals surface area contributed by atoms with Gasteiger partial charge in [0.05, 0.1) is 4.47 Å². The first-order valence-electron chi connectivity index (χ1n) is 4.15. The summed E-state index contributed by atoms with van der Waals surface area (Å²) >= 11 is 3.00. The predicted molar refractivity (Wildman–Crippen MR) is 54.5 cm³/mol. The first kappa shape index (κ1) is 12.4. The lowest BCUT2D eigenvalue weighted by molar-refractivity contribution is -0.274. The average molecular weight is 282 g/mol. The van der Waals surface area contributed by atoms with Gasteiger partial charge in [0.15, 0.2) is 0 Å². The summed E-state index contributed by atoms with van der Waals surface area (Å²) in [6.07, 6.45) is -4.66. The van der Waals surface area contributed by atoms with Crippen molar-refractivity contribution in [3.8, 4) is 5.75 Å². The molecule has 1 nitrogen and oxygen atoms in total. The summed E-state index contributed by atoms with van der Waals surface area (Å²) in [6.45, 7) is 3.64. The summed E-state index contributed by atoms with van der Waals surface area (Å²) in [5, 5.41) is 0. The Kier molecular flexibility index (Phi) is 3.65. The molecule has 0 saturated carbocycles. The van der Waals surface area contributed by atoms with E-state index < -0.39 is 6.36 Å². The number of rotatable bonds is 2. The SMILES string of the molecule is C[C](C)c1ccc(Br)c(OC(F)(F)F)c1. The van der Waals surface area contributed by atoms with Gasteiger partial charge in [0.1, 0.15) is 5.75 Å². The normalized spacial score (nSPS) is 11.9. The fourth-order valence-corrected chi connectivity index (χ4v) is 1.34. The lowest BCUT2D eigenvalue weighted by Gasteiger charge is -2.13. The van der Waals surface area contributed by atoms with Gasteiger partial charge in [0.25, 0.3) is 0 Å². The number of hydrogen-bond donors (Lipinski definition) is 0.